The van der Waals surface area contributed by atoms with Gasteiger partial charge in [-0.2, -0.15) is 0 Å². The van der Waals surface area contributed by atoms with Crippen molar-refractivity contribution in [2.75, 3.05) is 0 Å². The molecule has 0 aliphatic rings. The number of thiophene rings is 6. The van der Waals surface area contributed by atoms with Crippen LogP contribution in [0.4, 0.5) is 0 Å². The maximum absolute atomic E-state index is 2.33. The summed E-state index contributed by atoms with van der Waals surface area (Å²) in [6.45, 7) is 0. The molecule has 6 heteroatoms. The van der Waals surface area contributed by atoms with Crippen molar-refractivity contribution in [2.45, 2.75) is 0 Å². The van der Waals surface area contributed by atoms with E-state index in [4.69, 9.17) is 0 Å². The van der Waals surface area contributed by atoms with Crippen LogP contribution in [-0.4, -0.2) is 0 Å². The minimum absolute atomic E-state index is 1.35. The topological polar surface area (TPSA) is 0 Å². The Balaban J connectivity index is 1.30. The minimum Gasteiger partial charge on any atom is -0.143 e. The van der Waals surface area contributed by atoms with E-state index < -0.39 is 0 Å². The summed E-state index contributed by atoms with van der Waals surface area (Å²) in [5.74, 6) is 0. The SMILES string of the molecule is c1csc(-c2ccc(-c3ccc(-c4ccc(-c5cc6sccc6s5)s4)s3)s2)c1. The highest BCUT2D eigenvalue weighted by molar-refractivity contribution is 7.32. The average Bonchev–Trinajstić information content (AvgIpc) is 3.54. The summed E-state index contributed by atoms with van der Waals surface area (Å²) in [6, 6.07) is 22.5. The van der Waals surface area contributed by atoms with E-state index in [9.17, 15) is 0 Å². The summed E-state index contributed by atoms with van der Waals surface area (Å²) in [5, 5.41) is 4.32. The molecule has 6 heterocycles. The highest BCUT2D eigenvalue weighted by Crippen LogP contribution is 2.45. The molecule has 0 atom stereocenters. The third-order valence-corrected chi connectivity index (χ3v) is 11.5. The molecule has 136 valence electrons. The molecule has 0 aliphatic heterocycles. The fourth-order valence-corrected chi connectivity index (χ4v) is 9.34. The van der Waals surface area contributed by atoms with Crippen LogP contribution in [0.1, 0.15) is 0 Å². The van der Waals surface area contributed by atoms with Crippen molar-refractivity contribution in [3.05, 3.63) is 71.4 Å². The molecule has 0 aliphatic carbocycles. The molecule has 0 saturated carbocycles. The van der Waals surface area contributed by atoms with E-state index in [-0.39, 0.29) is 0 Å². The summed E-state index contributed by atoms with van der Waals surface area (Å²) in [6.07, 6.45) is 0. The van der Waals surface area contributed by atoms with Crippen molar-refractivity contribution in [1.29, 1.82) is 0 Å². The molecule has 28 heavy (non-hydrogen) atoms. The van der Waals surface area contributed by atoms with Gasteiger partial charge in [0.15, 0.2) is 0 Å². The molecule has 0 nitrogen and oxygen atoms in total. The lowest BCUT2D eigenvalue weighted by Crippen LogP contribution is -1.58. The second-order valence-electron chi connectivity index (χ2n) is 6.23. The lowest BCUT2D eigenvalue weighted by atomic mass is 10.3. The molecule has 0 aromatic carbocycles. The first-order valence-electron chi connectivity index (χ1n) is 8.65. The highest BCUT2D eigenvalue weighted by Gasteiger charge is 2.12. The summed E-state index contributed by atoms with van der Waals surface area (Å²) < 4.78 is 2.79. The lowest BCUT2D eigenvalue weighted by Gasteiger charge is -1.92. The van der Waals surface area contributed by atoms with Crippen LogP contribution < -0.4 is 0 Å². The maximum Gasteiger partial charge on any atom is 0.0463 e. The second kappa shape index (κ2) is 7.06. The number of hydrogen-bond donors (Lipinski definition) is 0. The molecule has 0 spiro atoms. The van der Waals surface area contributed by atoms with Crippen molar-refractivity contribution in [2.24, 2.45) is 0 Å². The molecule has 0 fully saturated rings. The summed E-state index contributed by atoms with van der Waals surface area (Å²) in [5.41, 5.74) is 0. The van der Waals surface area contributed by atoms with Gasteiger partial charge < -0.3 is 0 Å². The average molecular weight is 469 g/mol. The Morgan fingerprint density at radius 3 is 1.50 bits per heavy atom. The zero-order chi connectivity index (χ0) is 18.5. The monoisotopic (exact) mass is 468 g/mol. The zero-order valence-electron chi connectivity index (χ0n) is 14.4. The van der Waals surface area contributed by atoms with Gasteiger partial charge in [-0.1, -0.05) is 6.07 Å². The third-order valence-electron chi connectivity index (χ3n) is 4.45. The predicted molar refractivity (Wildman–Crippen MR) is 133 cm³/mol. The Kier molecular flexibility index (Phi) is 4.37. The van der Waals surface area contributed by atoms with E-state index in [0.29, 0.717) is 0 Å². The fourth-order valence-electron chi connectivity index (χ4n) is 3.11. The number of hydrogen-bond acceptors (Lipinski definition) is 6. The minimum atomic E-state index is 1.35. The lowest BCUT2D eigenvalue weighted by molar-refractivity contribution is 1.90. The van der Waals surface area contributed by atoms with Crippen molar-refractivity contribution in [3.63, 3.8) is 0 Å². The van der Waals surface area contributed by atoms with Crippen LogP contribution >= 0.6 is 68.0 Å². The predicted octanol–water partition coefficient (Wildman–Crippen LogP) is 9.88. The molecular formula is C22H12S6. The Bertz CT molecular complexity index is 1340. The molecule has 6 rings (SSSR count). The molecule has 6 aromatic heterocycles. The largest absolute Gasteiger partial charge is 0.143 e. The third kappa shape index (κ3) is 3.05. The van der Waals surface area contributed by atoms with E-state index in [1.807, 2.05) is 56.7 Å². The van der Waals surface area contributed by atoms with Gasteiger partial charge in [0.1, 0.15) is 0 Å². The van der Waals surface area contributed by atoms with Crippen LogP contribution in [0.5, 0.6) is 0 Å². The smallest absolute Gasteiger partial charge is 0.0463 e. The fraction of sp³-hybridized carbons (Fsp3) is 0. The quantitative estimate of drug-likeness (QED) is 0.241. The molecule has 0 saturated heterocycles. The van der Waals surface area contributed by atoms with E-state index in [1.54, 1.807) is 11.3 Å². The van der Waals surface area contributed by atoms with Crippen LogP contribution in [-0.2, 0) is 0 Å². The molecule has 0 radical (unpaired) electrons. The van der Waals surface area contributed by atoms with Crippen LogP contribution in [0.3, 0.4) is 0 Å². The molecule has 0 bridgehead atoms. The van der Waals surface area contributed by atoms with Crippen molar-refractivity contribution in [3.8, 4) is 39.0 Å². The van der Waals surface area contributed by atoms with Crippen LogP contribution in [0.2, 0.25) is 0 Å². The van der Waals surface area contributed by atoms with Crippen LogP contribution in [0, 0.1) is 0 Å². The number of rotatable bonds is 4. The first-order valence-corrected chi connectivity index (χ1v) is 13.7. The van der Waals surface area contributed by atoms with Crippen LogP contribution in [0.25, 0.3) is 48.4 Å². The maximum atomic E-state index is 2.33. The van der Waals surface area contributed by atoms with Gasteiger partial charge >= 0.3 is 0 Å². The van der Waals surface area contributed by atoms with Crippen molar-refractivity contribution in [1.82, 2.24) is 0 Å². The second-order valence-corrected chi connectivity index (χ2v) is 12.5. The van der Waals surface area contributed by atoms with Gasteiger partial charge in [-0.15, -0.1) is 68.0 Å². The molecule has 0 amide bonds. The van der Waals surface area contributed by atoms with Crippen molar-refractivity contribution < 1.29 is 0 Å². The number of fused-ring (bicyclic) bond motifs is 1. The van der Waals surface area contributed by atoms with Gasteiger partial charge in [0.05, 0.1) is 0 Å². The standard InChI is InChI=1S/C22H12S6/c1-2-13(23-10-1)14-3-4-15(25-14)16-5-6-17(26-16)18-7-8-19(27-18)22-12-21-20(28-22)9-11-24-21/h1-12H. The van der Waals surface area contributed by atoms with Gasteiger partial charge in [-0.05, 0) is 65.4 Å². The highest BCUT2D eigenvalue weighted by atomic mass is 32.1. The van der Waals surface area contributed by atoms with E-state index >= 15 is 0 Å². The van der Waals surface area contributed by atoms with Gasteiger partial charge in [-0.3, -0.25) is 0 Å². The Hall–Kier alpha value is -1.54. The summed E-state index contributed by atoms with van der Waals surface area (Å²) >= 11 is 11.2. The van der Waals surface area contributed by atoms with Crippen LogP contribution in [0.15, 0.2) is 71.4 Å². The Morgan fingerprint density at radius 1 is 0.393 bits per heavy atom. The zero-order valence-corrected chi connectivity index (χ0v) is 19.3. The normalized spacial score (nSPS) is 11.6. The van der Waals surface area contributed by atoms with Gasteiger partial charge in [0.2, 0.25) is 0 Å². The molecular weight excluding hydrogens is 457 g/mol. The molecule has 0 N–H and O–H groups in total. The van der Waals surface area contributed by atoms with Crippen molar-refractivity contribution >= 4 is 77.4 Å². The van der Waals surface area contributed by atoms with Gasteiger partial charge in [-0.25, -0.2) is 0 Å². The molecule has 0 unspecified atom stereocenters. The summed E-state index contributed by atoms with van der Waals surface area (Å²) in [4.78, 5) is 10.9. The van der Waals surface area contributed by atoms with E-state index in [0.717, 1.165) is 0 Å². The Morgan fingerprint density at radius 2 is 0.964 bits per heavy atom. The summed E-state index contributed by atoms with van der Waals surface area (Å²) in [7, 11) is 0. The van der Waals surface area contributed by atoms with E-state index in [1.165, 1.54) is 48.4 Å². The molecule has 6 aromatic rings. The Labute approximate surface area is 186 Å². The van der Waals surface area contributed by atoms with E-state index in [2.05, 4.69) is 71.4 Å². The first kappa shape index (κ1) is 17.3. The van der Waals surface area contributed by atoms with Gasteiger partial charge in [0, 0.05) is 48.4 Å². The first-order chi connectivity index (χ1) is 13.8. The van der Waals surface area contributed by atoms with Gasteiger partial charge in [0.25, 0.3) is 0 Å².